The van der Waals surface area contributed by atoms with Crippen molar-refractivity contribution >= 4 is 10.8 Å². The summed E-state index contributed by atoms with van der Waals surface area (Å²) in [6.45, 7) is 4.32. The fourth-order valence-electron chi connectivity index (χ4n) is 3.41. The topological polar surface area (TPSA) is 0 Å². The molecule has 116 valence electrons. The maximum absolute atomic E-state index is 2.31. The predicted molar refractivity (Wildman–Crippen MR) is 104 cm³/mol. The van der Waals surface area contributed by atoms with Crippen molar-refractivity contribution in [2.75, 3.05) is 0 Å². The van der Waals surface area contributed by atoms with Gasteiger partial charge >= 0.3 is 0 Å². The van der Waals surface area contributed by atoms with E-state index in [1.54, 1.807) is 0 Å². The molecule has 4 aromatic carbocycles. The maximum atomic E-state index is 2.31. The lowest BCUT2D eigenvalue weighted by Gasteiger charge is -2.11. The van der Waals surface area contributed by atoms with Crippen LogP contribution >= 0.6 is 0 Å². The Balaban J connectivity index is 1.93. The van der Waals surface area contributed by atoms with Gasteiger partial charge in [0.1, 0.15) is 0 Å². The van der Waals surface area contributed by atoms with E-state index in [1.807, 2.05) is 0 Å². The van der Waals surface area contributed by atoms with E-state index in [2.05, 4.69) is 98.8 Å². The monoisotopic (exact) mass is 308 g/mol. The van der Waals surface area contributed by atoms with Crippen LogP contribution in [0.3, 0.4) is 0 Å². The van der Waals surface area contributed by atoms with Gasteiger partial charge in [0, 0.05) is 0 Å². The quantitative estimate of drug-likeness (QED) is 0.382. The number of hydrogen-bond donors (Lipinski definition) is 0. The van der Waals surface area contributed by atoms with E-state index in [9.17, 15) is 0 Å². The Bertz CT molecular complexity index is 1020. The molecule has 0 amide bonds. The van der Waals surface area contributed by atoms with Crippen LogP contribution in [0.25, 0.3) is 33.0 Å². The van der Waals surface area contributed by atoms with Crippen molar-refractivity contribution in [1.82, 2.24) is 0 Å². The van der Waals surface area contributed by atoms with Gasteiger partial charge in [-0.2, -0.15) is 0 Å². The van der Waals surface area contributed by atoms with Gasteiger partial charge in [0.15, 0.2) is 0 Å². The second kappa shape index (κ2) is 5.98. The van der Waals surface area contributed by atoms with Crippen molar-refractivity contribution in [1.29, 1.82) is 0 Å². The molecule has 24 heavy (non-hydrogen) atoms. The van der Waals surface area contributed by atoms with Crippen molar-refractivity contribution in [3.63, 3.8) is 0 Å². The van der Waals surface area contributed by atoms with Gasteiger partial charge in [0.25, 0.3) is 0 Å². The van der Waals surface area contributed by atoms with Crippen molar-refractivity contribution in [2.45, 2.75) is 13.8 Å². The number of fused-ring (bicyclic) bond motifs is 1. The average Bonchev–Trinajstić information content (AvgIpc) is 2.61. The summed E-state index contributed by atoms with van der Waals surface area (Å²) in [6.07, 6.45) is 0. The number of hydrogen-bond acceptors (Lipinski definition) is 0. The molecule has 0 N–H and O–H groups in total. The lowest BCUT2D eigenvalue weighted by atomic mass is 9.93. The molecule has 0 saturated carbocycles. The second-order valence-corrected chi connectivity index (χ2v) is 6.48. The van der Waals surface area contributed by atoms with Crippen LogP contribution in [0.2, 0.25) is 0 Å². The zero-order chi connectivity index (χ0) is 16.5. The Hall–Kier alpha value is -2.86. The van der Waals surface area contributed by atoms with Crippen LogP contribution in [0.15, 0.2) is 84.9 Å². The molecule has 0 unspecified atom stereocenters. The van der Waals surface area contributed by atoms with Gasteiger partial charge in [-0.25, -0.2) is 0 Å². The molecular weight excluding hydrogens is 288 g/mol. The highest BCUT2D eigenvalue weighted by Crippen LogP contribution is 2.32. The molecule has 0 saturated heterocycles. The number of rotatable bonds is 2. The number of aryl methyl sites for hydroxylation is 2. The average molecular weight is 308 g/mol. The molecular formula is C24H20. The van der Waals surface area contributed by atoms with E-state index in [4.69, 9.17) is 0 Å². The molecule has 0 radical (unpaired) electrons. The molecule has 0 aliphatic carbocycles. The van der Waals surface area contributed by atoms with Crippen LogP contribution in [0.1, 0.15) is 11.1 Å². The van der Waals surface area contributed by atoms with Crippen LogP contribution in [-0.2, 0) is 0 Å². The van der Waals surface area contributed by atoms with Gasteiger partial charge in [-0.1, -0.05) is 84.4 Å². The van der Waals surface area contributed by atoms with Crippen molar-refractivity contribution in [3.05, 3.63) is 96.1 Å². The van der Waals surface area contributed by atoms with E-state index in [-0.39, 0.29) is 0 Å². The van der Waals surface area contributed by atoms with Crippen LogP contribution < -0.4 is 0 Å². The minimum atomic E-state index is 1.28. The van der Waals surface area contributed by atoms with Gasteiger partial charge in [-0.15, -0.1) is 0 Å². The Kier molecular flexibility index (Phi) is 3.66. The van der Waals surface area contributed by atoms with E-state index in [1.165, 1.54) is 44.2 Å². The maximum Gasteiger partial charge on any atom is -0.0105 e. The van der Waals surface area contributed by atoms with Gasteiger partial charge < -0.3 is 0 Å². The minimum Gasteiger partial charge on any atom is -0.0616 e. The SMILES string of the molecule is Cc1cccc(-c2cc(C)cc(-c3cccc4ccccc34)c2)c1. The molecule has 0 spiro atoms. The number of benzene rings is 4. The summed E-state index contributed by atoms with van der Waals surface area (Å²) >= 11 is 0. The van der Waals surface area contributed by atoms with Crippen LogP contribution in [-0.4, -0.2) is 0 Å². The third kappa shape index (κ3) is 2.72. The van der Waals surface area contributed by atoms with Gasteiger partial charge in [-0.3, -0.25) is 0 Å². The molecule has 0 aliphatic heterocycles. The molecule has 0 bridgehead atoms. The lowest BCUT2D eigenvalue weighted by Crippen LogP contribution is -1.86. The highest BCUT2D eigenvalue weighted by molar-refractivity contribution is 5.97. The molecule has 4 rings (SSSR count). The molecule has 0 aliphatic rings. The smallest absolute Gasteiger partial charge is 0.0105 e. The normalized spacial score (nSPS) is 10.9. The van der Waals surface area contributed by atoms with Gasteiger partial charge in [0.2, 0.25) is 0 Å². The van der Waals surface area contributed by atoms with Crippen LogP contribution in [0.4, 0.5) is 0 Å². The molecule has 0 aromatic heterocycles. The molecule has 0 heteroatoms. The molecule has 0 atom stereocenters. The summed E-state index contributed by atoms with van der Waals surface area (Å²) in [5.41, 5.74) is 7.72. The minimum absolute atomic E-state index is 1.28. The third-order valence-corrected chi connectivity index (χ3v) is 4.53. The Morgan fingerprint density at radius 2 is 1.21 bits per heavy atom. The predicted octanol–water partition coefficient (Wildman–Crippen LogP) is 6.79. The third-order valence-electron chi connectivity index (χ3n) is 4.53. The Morgan fingerprint density at radius 1 is 0.500 bits per heavy atom. The van der Waals surface area contributed by atoms with Crippen LogP contribution in [0.5, 0.6) is 0 Å². The van der Waals surface area contributed by atoms with Crippen molar-refractivity contribution < 1.29 is 0 Å². The summed E-state index contributed by atoms with van der Waals surface area (Å²) in [5, 5.41) is 2.59. The largest absolute Gasteiger partial charge is 0.0616 e. The highest BCUT2D eigenvalue weighted by atomic mass is 14.1. The molecule has 0 fully saturated rings. The standard InChI is InChI=1S/C24H20/c1-17-7-5-10-20(13-17)21-14-18(2)15-22(16-21)24-12-6-9-19-8-3-4-11-23(19)24/h3-16H,1-2H3. The first-order valence-electron chi connectivity index (χ1n) is 8.37. The van der Waals surface area contributed by atoms with E-state index in [0.29, 0.717) is 0 Å². The lowest BCUT2D eigenvalue weighted by molar-refractivity contribution is 1.44. The van der Waals surface area contributed by atoms with Crippen molar-refractivity contribution in [3.8, 4) is 22.3 Å². The van der Waals surface area contributed by atoms with Gasteiger partial charge in [0.05, 0.1) is 0 Å². The van der Waals surface area contributed by atoms with E-state index in [0.717, 1.165) is 0 Å². The first-order chi connectivity index (χ1) is 11.7. The summed E-state index contributed by atoms with van der Waals surface area (Å²) < 4.78 is 0. The fraction of sp³-hybridized carbons (Fsp3) is 0.0833. The first kappa shape index (κ1) is 14.7. The summed E-state index contributed by atoms with van der Waals surface area (Å²) in [6, 6.07) is 30.7. The van der Waals surface area contributed by atoms with E-state index >= 15 is 0 Å². The molecule has 0 heterocycles. The second-order valence-electron chi connectivity index (χ2n) is 6.48. The Labute approximate surface area is 143 Å². The van der Waals surface area contributed by atoms with Crippen molar-refractivity contribution in [2.24, 2.45) is 0 Å². The molecule has 0 nitrogen and oxygen atoms in total. The first-order valence-corrected chi connectivity index (χ1v) is 8.37. The highest BCUT2D eigenvalue weighted by Gasteiger charge is 2.07. The van der Waals surface area contributed by atoms with Crippen LogP contribution in [0, 0.1) is 13.8 Å². The van der Waals surface area contributed by atoms with E-state index < -0.39 is 0 Å². The zero-order valence-electron chi connectivity index (χ0n) is 14.1. The van der Waals surface area contributed by atoms with Gasteiger partial charge in [-0.05, 0) is 58.5 Å². The fourth-order valence-corrected chi connectivity index (χ4v) is 3.41. The summed E-state index contributed by atoms with van der Waals surface area (Å²) in [5.74, 6) is 0. The summed E-state index contributed by atoms with van der Waals surface area (Å²) in [7, 11) is 0. The summed E-state index contributed by atoms with van der Waals surface area (Å²) in [4.78, 5) is 0. The zero-order valence-corrected chi connectivity index (χ0v) is 14.1. The Morgan fingerprint density at radius 3 is 2.08 bits per heavy atom. The molecule has 4 aromatic rings.